The van der Waals surface area contributed by atoms with Gasteiger partial charge in [0.1, 0.15) is 11.6 Å². The lowest BCUT2D eigenvalue weighted by molar-refractivity contribution is -0.146. The van der Waals surface area contributed by atoms with Gasteiger partial charge in [0.15, 0.2) is 5.82 Å². The van der Waals surface area contributed by atoms with Crippen molar-refractivity contribution >= 4 is 11.8 Å². The molecule has 0 saturated heterocycles. The van der Waals surface area contributed by atoms with Crippen LogP contribution in [0.4, 0.5) is 13.2 Å². The molecule has 0 aromatic carbocycles. The standard InChI is InChI=1S/C10H11F3N6OS/c1-5-3-7(16-6(15-5)4-20-2)21-9-18-17-8(19(9)14)10(11,12)13/h3H,4,14H2,1-2H3. The van der Waals surface area contributed by atoms with Gasteiger partial charge in [-0.15, -0.1) is 10.2 Å². The first-order valence-corrected chi connectivity index (χ1v) is 6.42. The van der Waals surface area contributed by atoms with Gasteiger partial charge in [-0.3, -0.25) is 0 Å². The van der Waals surface area contributed by atoms with Gasteiger partial charge >= 0.3 is 6.18 Å². The summed E-state index contributed by atoms with van der Waals surface area (Å²) in [5.74, 6) is 4.50. The Kier molecular flexibility index (Phi) is 4.32. The summed E-state index contributed by atoms with van der Waals surface area (Å²) in [6.45, 7) is 1.93. The smallest absolute Gasteiger partial charge is 0.377 e. The maximum absolute atomic E-state index is 12.6. The van der Waals surface area contributed by atoms with Gasteiger partial charge in [-0.05, 0) is 24.8 Å². The van der Waals surface area contributed by atoms with E-state index < -0.39 is 12.0 Å². The molecule has 114 valence electrons. The molecule has 0 aliphatic heterocycles. The number of hydrogen-bond acceptors (Lipinski definition) is 7. The SMILES string of the molecule is COCc1nc(C)cc(Sc2nnc(C(F)(F)F)n2N)n1. The number of alkyl halides is 3. The highest BCUT2D eigenvalue weighted by molar-refractivity contribution is 7.99. The van der Waals surface area contributed by atoms with Crippen LogP contribution >= 0.6 is 11.8 Å². The Hall–Kier alpha value is -1.88. The summed E-state index contributed by atoms with van der Waals surface area (Å²) in [6, 6.07) is 1.60. The largest absolute Gasteiger partial charge is 0.453 e. The number of nitrogens with two attached hydrogens (primary N) is 1. The lowest BCUT2D eigenvalue weighted by atomic mass is 10.4. The summed E-state index contributed by atoms with van der Waals surface area (Å²) in [5, 5.41) is 6.74. The second kappa shape index (κ2) is 5.85. The molecule has 0 unspecified atom stereocenters. The molecule has 2 heterocycles. The first-order chi connectivity index (χ1) is 9.81. The Morgan fingerprint density at radius 3 is 2.62 bits per heavy atom. The molecule has 2 rings (SSSR count). The van der Waals surface area contributed by atoms with Gasteiger partial charge in [-0.2, -0.15) is 13.2 Å². The van der Waals surface area contributed by atoms with Gasteiger partial charge in [0.05, 0.1) is 0 Å². The topological polar surface area (TPSA) is 91.7 Å². The first kappa shape index (κ1) is 15.5. The predicted octanol–water partition coefficient (Wildman–Crippen LogP) is 1.41. The molecule has 0 spiro atoms. The zero-order chi connectivity index (χ0) is 15.6. The van der Waals surface area contributed by atoms with E-state index in [1.54, 1.807) is 13.0 Å². The molecule has 2 aromatic rings. The van der Waals surface area contributed by atoms with Crippen LogP contribution in [-0.4, -0.2) is 32.0 Å². The summed E-state index contributed by atoms with van der Waals surface area (Å²) < 4.78 is 43.0. The van der Waals surface area contributed by atoms with Crippen molar-refractivity contribution in [3.63, 3.8) is 0 Å². The molecule has 11 heteroatoms. The Morgan fingerprint density at radius 2 is 2.05 bits per heavy atom. The van der Waals surface area contributed by atoms with Crippen molar-refractivity contribution in [1.82, 2.24) is 24.8 Å². The highest BCUT2D eigenvalue weighted by Crippen LogP contribution is 2.31. The molecule has 21 heavy (non-hydrogen) atoms. The number of ether oxygens (including phenoxy) is 1. The molecule has 0 bridgehead atoms. The van der Waals surface area contributed by atoms with Gasteiger partial charge in [-0.1, -0.05) is 0 Å². The number of nitrogens with zero attached hydrogens (tertiary/aromatic N) is 5. The minimum absolute atomic E-state index is 0.121. The molecule has 0 radical (unpaired) electrons. The lowest BCUT2D eigenvalue weighted by Crippen LogP contribution is -2.21. The molecule has 7 nitrogen and oxygen atoms in total. The molecule has 2 N–H and O–H groups in total. The van der Waals surface area contributed by atoms with Gasteiger partial charge in [-0.25, -0.2) is 14.6 Å². The summed E-state index contributed by atoms with van der Waals surface area (Å²) in [7, 11) is 1.49. The van der Waals surface area contributed by atoms with Crippen LogP contribution in [0, 0.1) is 6.92 Å². The average Bonchev–Trinajstić information content (AvgIpc) is 2.70. The fourth-order valence-corrected chi connectivity index (χ4v) is 2.31. The number of nitrogen functional groups attached to an aromatic ring is 1. The minimum atomic E-state index is -4.66. The maximum atomic E-state index is 12.6. The van der Waals surface area contributed by atoms with E-state index in [-0.39, 0.29) is 11.8 Å². The molecule has 0 saturated carbocycles. The Balaban J connectivity index is 2.28. The molecule has 0 amide bonds. The molecule has 2 aromatic heterocycles. The molecular formula is C10H11F3N6OS. The maximum Gasteiger partial charge on any atom is 0.453 e. The van der Waals surface area contributed by atoms with E-state index in [4.69, 9.17) is 10.6 Å². The summed E-state index contributed by atoms with van der Waals surface area (Å²) in [6.07, 6.45) is -4.66. The Labute approximate surface area is 121 Å². The lowest BCUT2D eigenvalue weighted by Gasteiger charge is -2.07. The third kappa shape index (κ3) is 3.61. The zero-order valence-corrected chi connectivity index (χ0v) is 11.9. The fraction of sp³-hybridized carbons (Fsp3) is 0.400. The predicted molar refractivity (Wildman–Crippen MR) is 66.8 cm³/mol. The van der Waals surface area contributed by atoms with Gasteiger partial charge in [0.25, 0.3) is 5.82 Å². The van der Waals surface area contributed by atoms with Crippen molar-refractivity contribution < 1.29 is 17.9 Å². The summed E-state index contributed by atoms with van der Waals surface area (Å²) in [4.78, 5) is 8.27. The van der Waals surface area contributed by atoms with Crippen molar-refractivity contribution in [2.24, 2.45) is 0 Å². The molecule has 0 aliphatic carbocycles. The van der Waals surface area contributed by atoms with E-state index in [1.807, 2.05) is 0 Å². The van der Waals surface area contributed by atoms with E-state index in [0.717, 1.165) is 11.8 Å². The van der Waals surface area contributed by atoms with Crippen LogP contribution < -0.4 is 5.84 Å². The van der Waals surface area contributed by atoms with Crippen molar-refractivity contribution in [3.05, 3.63) is 23.4 Å². The Morgan fingerprint density at radius 1 is 1.33 bits per heavy atom. The number of halogens is 3. The van der Waals surface area contributed by atoms with E-state index in [0.29, 0.717) is 21.2 Å². The highest BCUT2D eigenvalue weighted by Gasteiger charge is 2.38. The van der Waals surface area contributed by atoms with Gasteiger partial charge in [0.2, 0.25) is 5.16 Å². The van der Waals surface area contributed by atoms with Crippen molar-refractivity contribution in [2.75, 3.05) is 13.0 Å². The number of aryl methyl sites for hydroxylation is 1. The fourth-order valence-electron chi connectivity index (χ4n) is 1.48. The molecule has 0 atom stereocenters. The number of methoxy groups -OCH3 is 1. The van der Waals surface area contributed by atoms with Crippen LogP contribution in [0.2, 0.25) is 0 Å². The van der Waals surface area contributed by atoms with Gasteiger partial charge in [0, 0.05) is 12.8 Å². The van der Waals surface area contributed by atoms with E-state index in [1.165, 1.54) is 7.11 Å². The Bertz CT molecular complexity index is 644. The third-order valence-corrected chi connectivity index (χ3v) is 3.14. The van der Waals surface area contributed by atoms with Crippen molar-refractivity contribution in [3.8, 4) is 0 Å². The van der Waals surface area contributed by atoms with Crippen LogP contribution in [0.15, 0.2) is 16.2 Å². The first-order valence-electron chi connectivity index (χ1n) is 5.60. The van der Waals surface area contributed by atoms with Crippen LogP contribution in [0.3, 0.4) is 0 Å². The zero-order valence-electron chi connectivity index (χ0n) is 11.0. The normalized spacial score (nSPS) is 11.9. The minimum Gasteiger partial charge on any atom is -0.377 e. The number of hydrogen-bond donors (Lipinski definition) is 1. The number of aromatic nitrogens is 5. The molecule has 0 fully saturated rings. The molecule has 0 aliphatic rings. The average molecular weight is 320 g/mol. The van der Waals surface area contributed by atoms with Crippen LogP contribution in [0.25, 0.3) is 0 Å². The van der Waals surface area contributed by atoms with E-state index in [9.17, 15) is 13.2 Å². The van der Waals surface area contributed by atoms with Crippen LogP contribution in [0.5, 0.6) is 0 Å². The second-order valence-electron chi connectivity index (χ2n) is 3.97. The van der Waals surface area contributed by atoms with E-state index >= 15 is 0 Å². The third-order valence-electron chi connectivity index (χ3n) is 2.26. The highest BCUT2D eigenvalue weighted by atomic mass is 32.2. The van der Waals surface area contributed by atoms with Gasteiger partial charge < -0.3 is 10.6 Å². The summed E-state index contributed by atoms with van der Waals surface area (Å²) >= 11 is 0.863. The second-order valence-corrected chi connectivity index (χ2v) is 4.96. The quantitative estimate of drug-likeness (QED) is 0.672. The van der Waals surface area contributed by atoms with Crippen LogP contribution in [-0.2, 0) is 17.5 Å². The monoisotopic (exact) mass is 320 g/mol. The van der Waals surface area contributed by atoms with Crippen molar-refractivity contribution in [2.45, 2.75) is 29.9 Å². The van der Waals surface area contributed by atoms with Crippen LogP contribution in [0.1, 0.15) is 17.3 Å². The van der Waals surface area contributed by atoms with Crippen molar-refractivity contribution in [1.29, 1.82) is 0 Å². The summed E-state index contributed by atoms with van der Waals surface area (Å²) in [5.41, 5.74) is 0.652. The van der Waals surface area contributed by atoms with E-state index in [2.05, 4.69) is 20.2 Å². The molecular weight excluding hydrogens is 309 g/mol. The number of rotatable bonds is 4.